The van der Waals surface area contributed by atoms with Crippen LogP contribution in [0.25, 0.3) is 0 Å². The molecule has 1 atom stereocenters. The summed E-state index contributed by atoms with van der Waals surface area (Å²) in [5.41, 5.74) is 1.20. The summed E-state index contributed by atoms with van der Waals surface area (Å²) in [6, 6.07) is 4.95. The quantitative estimate of drug-likeness (QED) is 0.890. The Morgan fingerprint density at radius 2 is 2.12 bits per heavy atom. The number of amides is 2. The summed E-state index contributed by atoms with van der Waals surface area (Å²) in [6.07, 6.45) is 3.37. The van der Waals surface area contributed by atoms with Crippen LogP contribution in [0.1, 0.15) is 36.8 Å². The van der Waals surface area contributed by atoms with E-state index in [-0.39, 0.29) is 36.1 Å². The first-order chi connectivity index (χ1) is 12.4. The van der Waals surface area contributed by atoms with Crippen molar-refractivity contribution in [1.29, 1.82) is 0 Å². The van der Waals surface area contributed by atoms with Gasteiger partial charge in [-0.05, 0) is 43.4 Å². The highest BCUT2D eigenvalue weighted by molar-refractivity contribution is 5.79. The Kier molecular flexibility index (Phi) is 5.61. The van der Waals surface area contributed by atoms with E-state index in [0.29, 0.717) is 43.7 Å². The molecule has 0 aromatic heterocycles. The van der Waals surface area contributed by atoms with Crippen molar-refractivity contribution in [3.05, 3.63) is 35.1 Å². The van der Waals surface area contributed by atoms with Crippen LogP contribution in [0, 0.1) is 18.2 Å². The topological polar surface area (TPSA) is 60.9 Å². The van der Waals surface area contributed by atoms with Gasteiger partial charge >= 0.3 is 0 Å². The third kappa shape index (κ3) is 4.06. The van der Waals surface area contributed by atoms with Crippen molar-refractivity contribution in [3.8, 4) is 0 Å². The van der Waals surface area contributed by atoms with Crippen LogP contribution < -0.4 is 0 Å². The number of piperidine rings is 2. The summed E-state index contributed by atoms with van der Waals surface area (Å²) in [6.45, 7) is 3.98. The summed E-state index contributed by atoms with van der Waals surface area (Å²) in [7, 11) is 0. The van der Waals surface area contributed by atoms with Crippen LogP contribution in [0.3, 0.4) is 0 Å². The number of nitrogens with zero attached hydrogens (tertiary/aromatic N) is 2. The van der Waals surface area contributed by atoms with Crippen molar-refractivity contribution >= 4 is 11.8 Å². The van der Waals surface area contributed by atoms with Crippen LogP contribution >= 0.6 is 0 Å². The zero-order valence-electron chi connectivity index (χ0n) is 15.3. The minimum absolute atomic E-state index is 0.0120. The van der Waals surface area contributed by atoms with E-state index in [1.54, 1.807) is 24.0 Å². The molecule has 0 radical (unpaired) electrons. The van der Waals surface area contributed by atoms with Crippen molar-refractivity contribution in [3.63, 3.8) is 0 Å². The molecule has 1 aromatic rings. The number of aliphatic hydroxyl groups excluding tert-OH is 1. The number of carbonyl (C=O) groups excluding carboxylic acids is 2. The van der Waals surface area contributed by atoms with E-state index >= 15 is 0 Å². The van der Waals surface area contributed by atoms with Gasteiger partial charge in [-0.2, -0.15) is 0 Å². The minimum Gasteiger partial charge on any atom is -0.395 e. The number of rotatable bonds is 4. The molecule has 0 unspecified atom stereocenters. The van der Waals surface area contributed by atoms with E-state index in [1.165, 1.54) is 6.07 Å². The van der Waals surface area contributed by atoms with Gasteiger partial charge in [-0.1, -0.05) is 12.1 Å². The third-order valence-corrected chi connectivity index (χ3v) is 5.72. The molecule has 26 heavy (non-hydrogen) atoms. The van der Waals surface area contributed by atoms with Crippen LogP contribution in [0.4, 0.5) is 4.39 Å². The first-order valence-electron chi connectivity index (χ1n) is 9.34. The number of aryl methyl sites for hydroxylation is 1. The molecule has 6 heteroatoms. The highest BCUT2D eigenvalue weighted by atomic mass is 19.1. The molecular weight excluding hydrogens is 335 g/mol. The van der Waals surface area contributed by atoms with E-state index in [1.807, 2.05) is 4.90 Å². The number of benzene rings is 1. The Labute approximate surface area is 153 Å². The van der Waals surface area contributed by atoms with Gasteiger partial charge in [0.05, 0.1) is 13.0 Å². The van der Waals surface area contributed by atoms with Gasteiger partial charge in [-0.25, -0.2) is 4.39 Å². The molecule has 1 spiro atoms. The lowest BCUT2D eigenvalue weighted by atomic mass is 9.73. The number of halogens is 1. The number of likely N-dealkylation sites (tertiary alicyclic amines) is 2. The standard InChI is InChI=1S/C20H27FN2O3/c1-15-3-4-16(11-17(15)21)12-19(26)22-8-2-6-20(13-22)7-5-18(25)23(14-20)9-10-24/h3-4,11,24H,2,5-10,12-14H2,1H3/t20-/m1/s1. The molecule has 5 nitrogen and oxygen atoms in total. The molecule has 2 fully saturated rings. The number of hydrogen-bond acceptors (Lipinski definition) is 3. The van der Waals surface area contributed by atoms with Gasteiger partial charge in [0, 0.05) is 38.0 Å². The van der Waals surface area contributed by atoms with Gasteiger partial charge in [0.2, 0.25) is 11.8 Å². The van der Waals surface area contributed by atoms with Gasteiger partial charge in [0.25, 0.3) is 0 Å². The maximum Gasteiger partial charge on any atom is 0.227 e. The van der Waals surface area contributed by atoms with Gasteiger partial charge in [-0.3, -0.25) is 9.59 Å². The normalized spacial score (nSPS) is 23.6. The summed E-state index contributed by atoms with van der Waals surface area (Å²) in [5.74, 6) is -0.183. The Morgan fingerprint density at radius 1 is 1.31 bits per heavy atom. The molecule has 2 aliphatic rings. The Morgan fingerprint density at radius 3 is 2.85 bits per heavy atom. The summed E-state index contributed by atoms with van der Waals surface area (Å²) in [4.78, 5) is 28.4. The molecule has 2 aliphatic heterocycles. The van der Waals surface area contributed by atoms with Gasteiger partial charge in [0.15, 0.2) is 0 Å². The van der Waals surface area contributed by atoms with E-state index in [2.05, 4.69) is 0 Å². The molecular formula is C20H27FN2O3. The molecule has 3 rings (SSSR count). The lowest BCUT2D eigenvalue weighted by molar-refractivity contribution is -0.143. The van der Waals surface area contributed by atoms with Crippen molar-refractivity contribution in [2.75, 3.05) is 32.8 Å². The second-order valence-electron chi connectivity index (χ2n) is 7.72. The summed E-state index contributed by atoms with van der Waals surface area (Å²) < 4.78 is 13.7. The van der Waals surface area contributed by atoms with E-state index < -0.39 is 0 Å². The Balaban J connectivity index is 1.66. The predicted octanol–water partition coefficient (Wildman–Crippen LogP) is 1.90. The lowest BCUT2D eigenvalue weighted by Crippen LogP contribution is -2.55. The zero-order valence-corrected chi connectivity index (χ0v) is 15.3. The largest absolute Gasteiger partial charge is 0.395 e. The number of aliphatic hydroxyl groups is 1. The average Bonchev–Trinajstić information content (AvgIpc) is 2.62. The molecule has 2 heterocycles. The molecule has 0 saturated carbocycles. The van der Waals surface area contributed by atoms with Crippen LogP contribution in [0.2, 0.25) is 0 Å². The third-order valence-electron chi connectivity index (χ3n) is 5.72. The fourth-order valence-electron chi connectivity index (χ4n) is 4.21. The Bertz CT molecular complexity index is 694. The summed E-state index contributed by atoms with van der Waals surface area (Å²) in [5, 5.41) is 9.18. The van der Waals surface area contributed by atoms with Crippen molar-refractivity contribution in [2.45, 2.75) is 39.0 Å². The van der Waals surface area contributed by atoms with Gasteiger partial charge in [-0.15, -0.1) is 0 Å². The van der Waals surface area contributed by atoms with Crippen LogP contribution in [-0.4, -0.2) is 59.5 Å². The zero-order chi connectivity index (χ0) is 18.7. The molecule has 142 valence electrons. The number of β-amino-alcohol motifs (C(OH)–C–C–N with tert-alkyl or cyclic N) is 1. The molecule has 2 saturated heterocycles. The van der Waals surface area contributed by atoms with Crippen LogP contribution in [0.15, 0.2) is 18.2 Å². The number of hydrogen-bond donors (Lipinski definition) is 1. The predicted molar refractivity (Wildman–Crippen MR) is 96.0 cm³/mol. The van der Waals surface area contributed by atoms with E-state index in [9.17, 15) is 19.1 Å². The maximum atomic E-state index is 13.7. The molecule has 0 aliphatic carbocycles. The average molecular weight is 362 g/mol. The highest BCUT2D eigenvalue weighted by Gasteiger charge is 2.42. The second kappa shape index (κ2) is 7.74. The van der Waals surface area contributed by atoms with E-state index in [0.717, 1.165) is 19.3 Å². The first-order valence-corrected chi connectivity index (χ1v) is 9.34. The molecule has 0 bridgehead atoms. The smallest absolute Gasteiger partial charge is 0.227 e. The molecule has 1 N–H and O–H groups in total. The van der Waals surface area contributed by atoms with Crippen LogP contribution in [-0.2, 0) is 16.0 Å². The van der Waals surface area contributed by atoms with Crippen LogP contribution in [0.5, 0.6) is 0 Å². The van der Waals surface area contributed by atoms with Gasteiger partial charge in [0.1, 0.15) is 5.82 Å². The Hall–Kier alpha value is -1.95. The van der Waals surface area contributed by atoms with Crippen molar-refractivity contribution in [2.24, 2.45) is 5.41 Å². The van der Waals surface area contributed by atoms with E-state index in [4.69, 9.17) is 0 Å². The minimum atomic E-state index is -0.282. The summed E-state index contributed by atoms with van der Waals surface area (Å²) >= 11 is 0. The maximum absolute atomic E-state index is 13.7. The van der Waals surface area contributed by atoms with Crippen molar-refractivity contribution < 1.29 is 19.1 Å². The second-order valence-corrected chi connectivity index (χ2v) is 7.72. The van der Waals surface area contributed by atoms with Crippen molar-refractivity contribution in [1.82, 2.24) is 9.80 Å². The molecule has 2 amide bonds. The molecule has 1 aromatic carbocycles. The monoisotopic (exact) mass is 362 g/mol. The SMILES string of the molecule is Cc1ccc(CC(=O)N2CCC[C@@]3(CCC(=O)N(CCO)C3)C2)cc1F. The fourth-order valence-corrected chi connectivity index (χ4v) is 4.21. The first kappa shape index (κ1) is 18.8. The number of carbonyl (C=O) groups is 2. The fraction of sp³-hybridized carbons (Fsp3) is 0.600. The highest BCUT2D eigenvalue weighted by Crippen LogP contribution is 2.39. The van der Waals surface area contributed by atoms with Gasteiger partial charge < -0.3 is 14.9 Å². The lowest BCUT2D eigenvalue weighted by Gasteiger charge is -2.48.